The minimum absolute atomic E-state index is 0.00438. The van der Waals surface area contributed by atoms with Crippen LogP contribution in [0.3, 0.4) is 0 Å². The Bertz CT molecular complexity index is 1050. The van der Waals surface area contributed by atoms with E-state index in [4.69, 9.17) is 9.15 Å². The summed E-state index contributed by atoms with van der Waals surface area (Å²) in [5, 5.41) is 4.17. The van der Waals surface area contributed by atoms with E-state index in [0.717, 1.165) is 23.3 Å². The van der Waals surface area contributed by atoms with Crippen LogP contribution in [0.4, 0.5) is 0 Å². The van der Waals surface area contributed by atoms with Crippen LogP contribution in [-0.4, -0.2) is 28.6 Å². The number of hydrogen-bond donors (Lipinski definition) is 0. The maximum absolute atomic E-state index is 12.6. The van der Waals surface area contributed by atoms with Crippen molar-refractivity contribution in [3.8, 4) is 11.3 Å². The fraction of sp³-hybridized carbons (Fsp3) is 0.190. The summed E-state index contributed by atoms with van der Waals surface area (Å²) < 4.78 is 12.3. The number of aryl methyl sites for hydroxylation is 1. The van der Waals surface area contributed by atoms with Crippen LogP contribution in [0.25, 0.3) is 17.4 Å². The lowest BCUT2D eigenvalue weighted by molar-refractivity contribution is 0.0600. The molecular formula is C21H18N2O4. The van der Waals surface area contributed by atoms with Crippen molar-refractivity contribution in [2.75, 3.05) is 7.11 Å². The molecule has 2 heterocycles. The molecule has 4 rings (SSSR count). The van der Waals surface area contributed by atoms with Crippen molar-refractivity contribution in [2.24, 2.45) is 7.05 Å². The second-order valence-corrected chi connectivity index (χ2v) is 6.40. The first-order chi connectivity index (χ1) is 13.1. The van der Waals surface area contributed by atoms with Crippen molar-refractivity contribution in [3.05, 3.63) is 70.7 Å². The quantitative estimate of drug-likeness (QED) is 0.525. The molecule has 136 valence electrons. The highest BCUT2D eigenvalue weighted by Gasteiger charge is 2.25. The molecule has 6 heteroatoms. The second-order valence-electron chi connectivity index (χ2n) is 6.40. The number of carbonyl (C=O) groups excluding carboxylic acids is 2. The Balaban J connectivity index is 1.57. The van der Waals surface area contributed by atoms with E-state index < -0.39 is 0 Å². The highest BCUT2D eigenvalue weighted by atomic mass is 16.5. The molecule has 0 saturated heterocycles. The highest BCUT2D eigenvalue weighted by Crippen LogP contribution is 2.28. The van der Waals surface area contributed by atoms with Gasteiger partial charge in [0.25, 0.3) is 0 Å². The predicted octanol–water partition coefficient (Wildman–Crippen LogP) is 3.68. The van der Waals surface area contributed by atoms with E-state index in [1.165, 1.54) is 7.11 Å². The molecule has 0 fully saturated rings. The molecule has 1 aliphatic rings. The number of ether oxygens (including phenoxy) is 1. The number of hydrogen-bond acceptors (Lipinski definition) is 5. The molecule has 0 bridgehead atoms. The lowest BCUT2D eigenvalue weighted by Gasteiger charge is -2.14. The molecule has 0 unspecified atom stereocenters. The monoisotopic (exact) mass is 362 g/mol. The number of allylic oxidation sites excluding steroid dienone is 1. The molecule has 1 aliphatic carbocycles. The average Bonchev–Trinajstić information content (AvgIpc) is 3.31. The summed E-state index contributed by atoms with van der Waals surface area (Å²) in [5.74, 6) is 0.919. The van der Waals surface area contributed by atoms with Gasteiger partial charge in [-0.1, -0.05) is 12.1 Å². The fourth-order valence-electron chi connectivity index (χ4n) is 3.27. The average molecular weight is 362 g/mol. The molecule has 3 aromatic rings. The maximum atomic E-state index is 12.6. The normalized spacial score (nSPS) is 15.0. The third-order valence-electron chi connectivity index (χ3n) is 4.76. The Kier molecular flexibility index (Phi) is 4.24. The van der Waals surface area contributed by atoms with Gasteiger partial charge < -0.3 is 9.15 Å². The van der Waals surface area contributed by atoms with Crippen molar-refractivity contribution < 1.29 is 18.7 Å². The van der Waals surface area contributed by atoms with Gasteiger partial charge in [0.15, 0.2) is 5.78 Å². The third-order valence-corrected chi connectivity index (χ3v) is 4.76. The number of furan rings is 1. The minimum atomic E-state index is -0.378. The Labute approximate surface area is 156 Å². The first-order valence-corrected chi connectivity index (χ1v) is 8.61. The molecule has 0 radical (unpaired) electrons. The van der Waals surface area contributed by atoms with E-state index in [1.807, 2.05) is 19.2 Å². The number of Topliss-reactive ketones (excluding diaryl/α,β-unsaturated/α-hetero) is 1. The third kappa shape index (κ3) is 3.10. The van der Waals surface area contributed by atoms with Crippen molar-refractivity contribution in [1.82, 2.24) is 9.78 Å². The summed E-state index contributed by atoms with van der Waals surface area (Å²) in [4.78, 5) is 24.1. The van der Waals surface area contributed by atoms with Gasteiger partial charge in [-0.2, -0.15) is 5.10 Å². The van der Waals surface area contributed by atoms with Gasteiger partial charge in [0.05, 0.1) is 24.4 Å². The molecule has 27 heavy (non-hydrogen) atoms. The number of ketones is 1. The first kappa shape index (κ1) is 17.0. The zero-order chi connectivity index (χ0) is 19.0. The van der Waals surface area contributed by atoms with Crippen LogP contribution in [0.5, 0.6) is 0 Å². The lowest BCUT2D eigenvalue weighted by atomic mass is 9.91. The van der Waals surface area contributed by atoms with Crippen molar-refractivity contribution in [2.45, 2.75) is 12.8 Å². The fourth-order valence-corrected chi connectivity index (χ4v) is 3.27. The molecule has 2 aromatic heterocycles. The van der Waals surface area contributed by atoms with Gasteiger partial charge in [0.2, 0.25) is 0 Å². The largest absolute Gasteiger partial charge is 0.465 e. The molecule has 0 aliphatic heterocycles. The molecule has 0 saturated carbocycles. The number of benzene rings is 1. The number of methoxy groups -OCH3 is 1. The predicted molar refractivity (Wildman–Crippen MR) is 99.3 cm³/mol. The number of aromatic nitrogens is 2. The minimum Gasteiger partial charge on any atom is -0.465 e. The van der Waals surface area contributed by atoms with Crippen molar-refractivity contribution >= 4 is 17.8 Å². The molecule has 0 spiro atoms. The van der Waals surface area contributed by atoms with Crippen LogP contribution in [0, 0.1) is 0 Å². The summed E-state index contributed by atoms with van der Waals surface area (Å²) in [7, 11) is 3.20. The molecule has 0 N–H and O–H groups in total. The number of rotatable bonds is 3. The SMILES string of the molecule is COC(=O)c1ccc(-c2ccc(/C=C3/CCc4c(cnn4C)C3=O)o2)cc1. The Hall–Kier alpha value is -3.41. The van der Waals surface area contributed by atoms with E-state index in [0.29, 0.717) is 29.1 Å². The standard InChI is InChI=1S/C21H18N2O4/c1-23-18-9-7-15(20(24)17(18)12-22-23)11-16-8-10-19(27-16)13-3-5-14(6-4-13)21(25)26-2/h3-6,8,10-12H,7,9H2,1-2H3/b15-11-. The van der Waals surface area contributed by atoms with E-state index in [9.17, 15) is 9.59 Å². The Morgan fingerprint density at radius 1 is 1.19 bits per heavy atom. The van der Waals surface area contributed by atoms with Crippen LogP contribution in [0.15, 0.2) is 52.6 Å². The van der Waals surface area contributed by atoms with Crippen LogP contribution in [-0.2, 0) is 18.2 Å². The smallest absolute Gasteiger partial charge is 0.337 e. The van der Waals surface area contributed by atoms with Gasteiger partial charge in [-0.05, 0) is 43.2 Å². The summed E-state index contributed by atoms with van der Waals surface area (Å²) in [6.45, 7) is 0. The zero-order valence-corrected chi connectivity index (χ0v) is 15.1. The highest BCUT2D eigenvalue weighted by molar-refractivity contribution is 6.12. The van der Waals surface area contributed by atoms with Gasteiger partial charge in [-0.25, -0.2) is 4.79 Å². The number of nitrogens with zero attached hydrogens (tertiary/aromatic N) is 2. The van der Waals surface area contributed by atoms with Crippen LogP contribution >= 0.6 is 0 Å². The topological polar surface area (TPSA) is 74.3 Å². The summed E-state index contributed by atoms with van der Waals surface area (Å²) >= 11 is 0. The van der Waals surface area contributed by atoms with Gasteiger partial charge in [-0.15, -0.1) is 0 Å². The molecule has 0 atom stereocenters. The number of carbonyl (C=O) groups is 2. The van der Waals surface area contributed by atoms with Gasteiger partial charge >= 0.3 is 5.97 Å². The second kappa shape index (κ2) is 6.72. The molecule has 0 amide bonds. The summed E-state index contributed by atoms with van der Waals surface area (Å²) in [5.41, 5.74) is 3.69. The van der Waals surface area contributed by atoms with Gasteiger partial charge in [0.1, 0.15) is 11.5 Å². The van der Waals surface area contributed by atoms with Crippen molar-refractivity contribution in [1.29, 1.82) is 0 Å². The molecular weight excluding hydrogens is 344 g/mol. The summed E-state index contributed by atoms with van der Waals surface area (Å²) in [6.07, 6.45) is 4.87. The van der Waals surface area contributed by atoms with Crippen molar-refractivity contribution in [3.63, 3.8) is 0 Å². The number of fused-ring (bicyclic) bond motifs is 1. The van der Waals surface area contributed by atoms with E-state index in [2.05, 4.69) is 5.10 Å². The maximum Gasteiger partial charge on any atom is 0.337 e. The lowest BCUT2D eigenvalue weighted by Crippen LogP contribution is -2.14. The van der Waals surface area contributed by atoms with Gasteiger partial charge in [-0.3, -0.25) is 9.48 Å². The van der Waals surface area contributed by atoms with Crippen LogP contribution in [0.1, 0.15) is 38.6 Å². The number of esters is 1. The van der Waals surface area contributed by atoms with Crippen LogP contribution < -0.4 is 0 Å². The van der Waals surface area contributed by atoms with Gasteiger partial charge in [0, 0.05) is 23.9 Å². The van der Waals surface area contributed by atoms with E-state index in [-0.39, 0.29) is 11.8 Å². The van der Waals surface area contributed by atoms with Crippen LogP contribution in [0.2, 0.25) is 0 Å². The Morgan fingerprint density at radius 3 is 2.70 bits per heavy atom. The molecule has 1 aromatic carbocycles. The molecule has 6 nitrogen and oxygen atoms in total. The van der Waals surface area contributed by atoms with E-state index >= 15 is 0 Å². The summed E-state index contributed by atoms with van der Waals surface area (Å²) in [6, 6.07) is 10.7. The van der Waals surface area contributed by atoms with E-state index in [1.54, 1.807) is 41.2 Å². The first-order valence-electron chi connectivity index (χ1n) is 8.61. The Morgan fingerprint density at radius 2 is 1.96 bits per heavy atom. The zero-order valence-electron chi connectivity index (χ0n) is 15.1.